The Labute approximate surface area is 171 Å². The predicted octanol–water partition coefficient (Wildman–Crippen LogP) is 4.70. The first-order chi connectivity index (χ1) is 14.4. The largest absolute Gasteiger partial charge is 0.353 e. The van der Waals surface area contributed by atoms with Crippen molar-refractivity contribution in [2.75, 3.05) is 13.1 Å². The molecule has 0 spiro atoms. The van der Waals surface area contributed by atoms with E-state index in [1.165, 1.54) is 5.56 Å². The Morgan fingerprint density at radius 1 is 1.03 bits per heavy atom. The molecule has 3 N–H and O–H groups in total. The Hall–Kier alpha value is -3.03. The van der Waals surface area contributed by atoms with Crippen LogP contribution in [0.25, 0.3) is 44.6 Å². The van der Waals surface area contributed by atoms with Crippen LogP contribution in [0.5, 0.6) is 0 Å². The summed E-state index contributed by atoms with van der Waals surface area (Å²) in [5.41, 5.74) is 7.28. The van der Waals surface area contributed by atoms with Crippen LogP contribution < -0.4 is 5.32 Å². The van der Waals surface area contributed by atoms with Gasteiger partial charge in [-0.2, -0.15) is 16.4 Å². The van der Waals surface area contributed by atoms with Crippen LogP contribution in [0.1, 0.15) is 24.3 Å². The van der Waals surface area contributed by atoms with Crippen molar-refractivity contribution in [3.05, 3.63) is 53.0 Å². The van der Waals surface area contributed by atoms with E-state index < -0.39 is 0 Å². The van der Waals surface area contributed by atoms with E-state index in [1.807, 2.05) is 18.5 Å². The van der Waals surface area contributed by atoms with Gasteiger partial charge in [-0.15, -0.1) is 0 Å². The number of aromatic nitrogens is 5. The van der Waals surface area contributed by atoms with Crippen LogP contribution in [0.4, 0.5) is 0 Å². The Morgan fingerprint density at radius 3 is 2.83 bits per heavy atom. The monoisotopic (exact) mass is 400 g/mol. The fourth-order valence-electron chi connectivity index (χ4n) is 4.32. The van der Waals surface area contributed by atoms with Crippen molar-refractivity contribution < 1.29 is 0 Å². The molecule has 6 heterocycles. The minimum Gasteiger partial charge on any atom is -0.353 e. The van der Waals surface area contributed by atoms with E-state index in [-0.39, 0.29) is 0 Å². The average molecular weight is 401 g/mol. The molecule has 144 valence electrons. The highest BCUT2D eigenvalue weighted by atomic mass is 32.1. The summed E-state index contributed by atoms with van der Waals surface area (Å²) in [6.07, 6.45) is 6.16. The molecule has 1 aliphatic rings. The van der Waals surface area contributed by atoms with Crippen molar-refractivity contribution >= 4 is 33.3 Å². The number of H-pyrrole nitrogens is 2. The number of nitrogens with zero attached hydrogens (tertiary/aromatic N) is 3. The lowest BCUT2D eigenvalue weighted by Crippen LogP contribution is -2.26. The Balaban J connectivity index is 1.48. The molecule has 1 aliphatic heterocycles. The lowest BCUT2D eigenvalue weighted by atomic mass is 9.91. The quantitative estimate of drug-likeness (QED) is 0.410. The van der Waals surface area contributed by atoms with Gasteiger partial charge >= 0.3 is 0 Å². The number of aromatic amines is 2. The molecule has 1 saturated heterocycles. The summed E-state index contributed by atoms with van der Waals surface area (Å²) in [6, 6.07) is 8.56. The van der Waals surface area contributed by atoms with Gasteiger partial charge in [-0.25, -0.2) is 4.98 Å². The maximum absolute atomic E-state index is 4.63. The van der Waals surface area contributed by atoms with E-state index in [1.54, 1.807) is 11.3 Å². The van der Waals surface area contributed by atoms with Gasteiger partial charge in [0.1, 0.15) is 0 Å². The zero-order valence-electron chi connectivity index (χ0n) is 15.8. The van der Waals surface area contributed by atoms with E-state index in [2.05, 4.69) is 59.4 Å². The highest BCUT2D eigenvalue weighted by Gasteiger charge is 2.19. The molecule has 0 aromatic carbocycles. The number of pyridine rings is 2. The zero-order chi connectivity index (χ0) is 19.2. The van der Waals surface area contributed by atoms with Crippen molar-refractivity contribution in [1.29, 1.82) is 0 Å². The van der Waals surface area contributed by atoms with Crippen molar-refractivity contribution in [2.45, 2.75) is 18.8 Å². The number of hydrogen-bond donors (Lipinski definition) is 3. The van der Waals surface area contributed by atoms with Crippen molar-refractivity contribution in [2.24, 2.45) is 0 Å². The summed E-state index contributed by atoms with van der Waals surface area (Å²) in [5.74, 6) is 0.563. The standard InChI is InChI=1S/C22H20N6S/c1-5-23-6-2-13(1)15-9-17-21(27-28-22(17)25-11-15)19-10-16-18(26-19)3-7-24-20(16)14-4-8-29-12-14/h3-4,7-13,23,26H,1-2,5-6H2,(H,25,27,28). The van der Waals surface area contributed by atoms with Crippen LogP contribution >= 0.6 is 11.3 Å². The summed E-state index contributed by atoms with van der Waals surface area (Å²) < 4.78 is 0. The highest BCUT2D eigenvalue weighted by molar-refractivity contribution is 7.08. The maximum Gasteiger partial charge on any atom is 0.181 e. The van der Waals surface area contributed by atoms with Crippen molar-refractivity contribution in [3.63, 3.8) is 0 Å². The molecule has 5 aromatic heterocycles. The van der Waals surface area contributed by atoms with Gasteiger partial charge in [0.05, 0.1) is 17.1 Å². The third-order valence-electron chi connectivity index (χ3n) is 5.85. The van der Waals surface area contributed by atoms with Crippen LogP contribution in [0.3, 0.4) is 0 Å². The second-order valence-electron chi connectivity index (χ2n) is 7.58. The number of rotatable bonds is 3. The first-order valence-electron chi connectivity index (χ1n) is 9.92. The minimum atomic E-state index is 0.563. The molecule has 6 rings (SSSR count). The molecule has 0 bridgehead atoms. The van der Waals surface area contributed by atoms with Gasteiger partial charge in [0, 0.05) is 39.6 Å². The Kier molecular flexibility index (Phi) is 3.95. The van der Waals surface area contributed by atoms with Gasteiger partial charge in [-0.3, -0.25) is 10.1 Å². The predicted molar refractivity (Wildman–Crippen MR) is 117 cm³/mol. The molecule has 0 amide bonds. The first kappa shape index (κ1) is 16.9. The molecule has 0 atom stereocenters. The molecule has 5 aromatic rings. The number of piperidine rings is 1. The number of thiophene rings is 1. The lowest BCUT2D eigenvalue weighted by molar-refractivity contribution is 0.460. The molecular weight excluding hydrogens is 380 g/mol. The van der Waals surface area contributed by atoms with Gasteiger partial charge in [-0.05, 0) is 67.1 Å². The van der Waals surface area contributed by atoms with Gasteiger partial charge in [0.15, 0.2) is 5.65 Å². The molecule has 6 nitrogen and oxygen atoms in total. The van der Waals surface area contributed by atoms with Crippen LogP contribution in [-0.4, -0.2) is 38.2 Å². The Morgan fingerprint density at radius 2 is 1.97 bits per heavy atom. The molecular formula is C22H20N6S. The third kappa shape index (κ3) is 2.85. The second kappa shape index (κ2) is 6.79. The fraction of sp³-hybridized carbons (Fsp3) is 0.227. The van der Waals surface area contributed by atoms with Crippen molar-refractivity contribution in [1.82, 2.24) is 30.5 Å². The number of nitrogens with one attached hydrogen (secondary N) is 3. The number of fused-ring (bicyclic) bond motifs is 2. The smallest absolute Gasteiger partial charge is 0.181 e. The molecule has 0 unspecified atom stereocenters. The summed E-state index contributed by atoms with van der Waals surface area (Å²) >= 11 is 1.69. The van der Waals surface area contributed by atoms with Gasteiger partial charge in [-0.1, -0.05) is 0 Å². The molecule has 7 heteroatoms. The van der Waals surface area contributed by atoms with Gasteiger partial charge < -0.3 is 10.3 Å². The first-order valence-corrected chi connectivity index (χ1v) is 10.9. The van der Waals surface area contributed by atoms with Crippen LogP contribution in [0, 0.1) is 0 Å². The summed E-state index contributed by atoms with van der Waals surface area (Å²) in [7, 11) is 0. The van der Waals surface area contributed by atoms with E-state index in [0.29, 0.717) is 5.92 Å². The Bertz CT molecular complexity index is 1290. The minimum absolute atomic E-state index is 0.563. The number of hydrogen-bond acceptors (Lipinski definition) is 5. The summed E-state index contributed by atoms with van der Waals surface area (Å²) in [4.78, 5) is 12.8. The summed E-state index contributed by atoms with van der Waals surface area (Å²) in [6.45, 7) is 2.14. The second-order valence-corrected chi connectivity index (χ2v) is 8.36. The molecule has 29 heavy (non-hydrogen) atoms. The SMILES string of the molecule is c1cc2[nH]c(-c3[nH]nc4ncc(C5CCNCC5)cc34)cc2c(-c2ccsc2)n1. The van der Waals surface area contributed by atoms with Crippen LogP contribution in [-0.2, 0) is 0 Å². The topological polar surface area (TPSA) is 82.3 Å². The van der Waals surface area contributed by atoms with E-state index in [4.69, 9.17) is 0 Å². The normalized spacial score (nSPS) is 15.4. The average Bonchev–Trinajstić information content (AvgIpc) is 3.52. The fourth-order valence-corrected chi connectivity index (χ4v) is 4.96. The van der Waals surface area contributed by atoms with Crippen LogP contribution in [0.15, 0.2) is 47.4 Å². The summed E-state index contributed by atoms with van der Waals surface area (Å²) in [5, 5.41) is 17.5. The van der Waals surface area contributed by atoms with Crippen molar-refractivity contribution in [3.8, 4) is 22.6 Å². The third-order valence-corrected chi connectivity index (χ3v) is 6.54. The van der Waals surface area contributed by atoms with Gasteiger partial charge in [0.2, 0.25) is 0 Å². The maximum atomic E-state index is 4.63. The molecule has 0 radical (unpaired) electrons. The van der Waals surface area contributed by atoms with E-state index in [9.17, 15) is 0 Å². The van der Waals surface area contributed by atoms with E-state index >= 15 is 0 Å². The molecule has 0 saturated carbocycles. The molecule has 0 aliphatic carbocycles. The lowest BCUT2D eigenvalue weighted by Gasteiger charge is -2.22. The zero-order valence-corrected chi connectivity index (χ0v) is 16.6. The highest BCUT2D eigenvalue weighted by Crippen LogP contribution is 2.34. The van der Waals surface area contributed by atoms with Crippen LogP contribution in [0.2, 0.25) is 0 Å². The van der Waals surface area contributed by atoms with Gasteiger partial charge in [0.25, 0.3) is 0 Å². The molecule has 1 fully saturated rings. The van der Waals surface area contributed by atoms with E-state index in [0.717, 1.165) is 70.5 Å².